The lowest BCUT2D eigenvalue weighted by Crippen LogP contribution is -2.27. The summed E-state index contributed by atoms with van der Waals surface area (Å²) in [4.78, 5) is 20.8. The molecule has 2 aromatic rings. The average molecular weight is 245 g/mol. The van der Waals surface area contributed by atoms with E-state index in [0.29, 0.717) is 6.54 Å². The Morgan fingerprint density at radius 3 is 2.78 bits per heavy atom. The molecule has 0 aliphatic rings. The molecule has 0 atom stereocenters. The highest BCUT2D eigenvalue weighted by Gasteiger charge is 2.16. The lowest BCUT2D eigenvalue weighted by Gasteiger charge is -2.17. The number of rotatable bonds is 3. The molecule has 0 bridgehead atoms. The van der Waals surface area contributed by atoms with Gasteiger partial charge in [0, 0.05) is 32.2 Å². The van der Waals surface area contributed by atoms with Crippen LogP contribution in [0.15, 0.2) is 42.9 Å². The summed E-state index contributed by atoms with van der Waals surface area (Å²) >= 11 is 0. The Kier molecular flexibility index (Phi) is 3.62. The van der Waals surface area contributed by atoms with Gasteiger partial charge >= 0.3 is 0 Å². The molecule has 18 heavy (non-hydrogen) atoms. The molecule has 0 aliphatic heterocycles. The Morgan fingerprint density at radius 1 is 1.33 bits per heavy atom. The first-order valence-electron chi connectivity index (χ1n) is 5.43. The Labute approximate surface area is 104 Å². The molecule has 0 saturated heterocycles. The van der Waals surface area contributed by atoms with Gasteiger partial charge in [-0.25, -0.2) is 4.98 Å². The van der Waals surface area contributed by atoms with Crippen LogP contribution in [0.25, 0.3) is 0 Å². The summed E-state index contributed by atoms with van der Waals surface area (Å²) in [5.41, 5.74) is 0.863. The van der Waals surface area contributed by atoms with Crippen molar-refractivity contribution in [2.24, 2.45) is 0 Å². The molecule has 92 valence electrons. The predicted octanol–water partition coefficient (Wildman–Crippen LogP) is 1.89. The van der Waals surface area contributed by atoms with Gasteiger partial charge in [-0.2, -0.15) is 4.39 Å². The van der Waals surface area contributed by atoms with Crippen LogP contribution in [0, 0.1) is 5.95 Å². The number of amides is 1. The van der Waals surface area contributed by atoms with E-state index >= 15 is 0 Å². The Balaban J connectivity index is 2.13. The molecule has 0 radical (unpaired) electrons. The van der Waals surface area contributed by atoms with Crippen LogP contribution >= 0.6 is 0 Å². The average Bonchev–Trinajstić information content (AvgIpc) is 2.39. The Hall–Kier alpha value is -2.30. The summed E-state index contributed by atoms with van der Waals surface area (Å²) in [5.74, 6) is -1.15. The maximum absolute atomic E-state index is 13.4. The molecule has 0 fully saturated rings. The maximum atomic E-state index is 13.4. The predicted molar refractivity (Wildman–Crippen MR) is 64.2 cm³/mol. The van der Waals surface area contributed by atoms with E-state index in [-0.39, 0.29) is 5.56 Å². The van der Waals surface area contributed by atoms with E-state index in [1.807, 2.05) is 6.07 Å². The van der Waals surface area contributed by atoms with Crippen LogP contribution in [0.2, 0.25) is 0 Å². The number of halogens is 1. The minimum atomic E-state index is -0.750. The van der Waals surface area contributed by atoms with Crippen LogP contribution in [-0.4, -0.2) is 27.8 Å². The molecule has 2 rings (SSSR count). The van der Waals surface area contributed by atoms with Gasteiger partial charge in [0.05, 0.1) is 5.56 Å². The zero-order valence-electron chi connectivity index (χ0n) is 9.88. The standard InChI is InChI=1S/C13H12FN3O/c1-17(9-10-4-2-6-15-8-10)13(18)11-5-3-7-16-12(11)14/h2-8H,9H2,1H3. The zero-order chi connectivity index (χ0) is 13.0. The summed E-state index contributed by atoms with van der Waals surface area (Å²) < 4.78 is 13.4. The Morgan fingerprint density at radius 2 is 2.11 bits per heavy atom. The zero-order valence-corrected chi connectivity index (χ0v) is 9.88. The van der Waals surface area contributed by atoms with Crippen molar-refractivity contribution in [3.63, 3.8) is 0 Å². The summed E-state index contributed by atoms with van der Waals surface area (Å²) in [6.07, 6.45) is 4.64. The minimum absolute atomic E-state index is 0.0242. The molecule has 0 N–H and O–H groups in total. The third-order valence-corrected chi connectivity index (χ3v) is 2.48. The fourth-order valence-electron chi connectivity index (χ4n) is 1.59. The summed E-state index contributed by atoms with van der Waals surface area (Å²) in [6, 6.07) is 6.60. The van der Waals surface area contributed by atoms with Crippen molar-refractivity contribution in [2.45, 2.75) is 6.54 Å². The van der Waals surface area contributed by atoms with Gasteiger partial charge in [0.1, 0.15) is 0 Å². The normalized spacial score (nSPS) is 10.1. The maximum Gasteiger partial charge on any atom is 0.258 e. The SMILES string of the molecule is CN(Cc1cccnc1)C(=O)c1cccnc1F. The van der Waals surface area contributed by atoms with E-state index in [4.69, 9.17) is 0 Å². The molecular weight excluding hydrogens is 233 g/mol. The second-order valence-electron chi connectivity index (χ2n) is 3.86. The number of hydrogen-bond acceptors (Lipinski definition) is 3. The molecule has 0 spiro atoms. The van der Waals surface area contributed by atoms with Gasteiger partial charge in [0.25, 0.3) is 5.91 Å². The van der Waals surface area contributed by atoms with Crippen LogP contribution in [-0.2, 0) is 6.54 Å². The van der Waals surface area contributed by atoms with Crippen molar-refractivity contribution < 1.29 is 9.18 Å². The molecular formula is C13H12FN3O. The monoisotopic (exact) mass is 245 g/mol. The first-order chi connectivity index (χ1) is 8.68. The number of nitrogens with zero attached hydrogens (tertiary/aromatic N) is 3. The molecule has 0 aromatic carbocycles. The number of carbonyl (C=O) groups excluding carboxylic acids is 1. The highest BCUT2D eigenvalue weighted by atomic mass is 19.1. The van der Waals surface area contributed by atoms with Gasteiger partial charge in [0.2, 0.25) is 5.95 Å². The lowest BCUT2D eigenvalue weighted by atomic mass is 10.2. The van der Waals surface area contributed by atoms with E-state index in [1.165, 1.54) is 23.2 Å². The molecule has 1 amide bonds. The van der Waals surface area contributed by atoms with Gasteiger partial charge in [-0.15, -0.1) is 0 Å². The Bertz CT molecular complexity index is 545. The van der Waals surface area contributed by atoms with Gasteiger partial charge in [-0.1, -0.05) is 6.07 Å². The first-order valence-corrected chi connectivity index (χ1v) is 5.43. The van der Waals surface area contributed by atoms with Crippen LogP contribution in [0.4, 0.5) is 4.39 Å². The molecule has 0 unspecified atom stereocenters. The fourth-order valence-corrected chi connectivity index (χ4v) is 1.59. The largest absolute Gasteiger partial charge is 0.337 e. The third kappa shape index (κ3) is 2.68. The van der Waals surface area contributed by atoms with Gasteiger partial charge in [0.15, 0.2) is 0 Å². The van der Waals surface area contributed by atoms with E-state index < -0.39 is 11.9 Å². The second-order valence-corrected chi connectivity index (χ2v) is 3.86. The van der Waals surface area contributed by atoms with Gasteiger partial charge in [-0.3, -0.25) is 9.78 Å². The molecule has 4 nitrogen and oxygen atoms in total. The smallest absolute Gasteiger partial charge is 0.258 e. The van der Waals surface area contributed by atoms with Crippen molar-refractivity contribution in [2.75, 3.05) is 7.05 Å². The van der Waals surface area contributed by atoms with Crippen molar-refractivity contribution in [1.29, 1.82) is 0 Å². The quantitative estimate of drug-likeness (QED) is 0.776. The van der Waals surface area contributed by atoms with E-state index in [0.717, 1.165) is 5.56 Å². The topological polar surface area (TPSA) is 46.1 Å². The molecule has 2 aromatic heterocycles. The van der Waals surface area contributed by atoms with Crippen LogP contribution in [0.3, 0.4) is 0 Å². The third-order valence-electron chi connectivity index (χ3n) is 2.48. The van der Waals surface area contributed by atoms with Gasteiger partial charge in [-0.05, 0) is 23.8 Å². The van der Waals surface area contributed by atoms with Crippen molar-refractivity contribution in [3.05, 3.63) is 59.9 Å². The molecule has 5 heteroatoms. The van der Waals surface area contributed by atoms with E-state index in [1.54, 1.807) is 25.5 Å². The summed E-state index contributed by atoms with van der Waals surface area (Å²) in [5, 5.41) is 0. The molecule has 2 heterocycles. The van der Waals surface area contributed by atoms with Crippen LogP contribution in [0.1, 0.15) is 15.9 Å². The summed E-state index contributed by atoms with van der Waals surface area (Å²) in [7, 11) is 1.61. The number of carbonyl (C=O) groups is 1. The van der Waals surface area contributed by atoms with Crippen LogP contribution < -0.4 is 0 Å². The number of aromatic nitrogens is 2. The van der Waals surface area contributed by atoms with Crippen molar-refractivity contribution in [1.82, 2.24) is 14.9 Å². The number of pyridine rings is 2. The minimum Gasteiger partial charge on any atom is -0.337 e. The van der Waals surface area contributed by atoms with E-state index in [9.17, 15) is 9.18 Å². The molecule has 0 saturated carbocycles. The lowest BCUT2D eigenvalue weighted by molar-refractivity contribution is 0.0779. The fraction of sp³-hybridized carbons (Fsp3) is 0.154. The second kappa shape index (κ2) is 5.35. The number of hydrogen-bond donors (Lipinski definition) is 0. The highest BCUT2D eigenvalue weighted by molar-refractivity contribution is 5.93. The highest BCUT2D eigenvalue weighted by Crippen LogP contribution is 2.09. The van der Waals surface area contributed by atoms with Crippen molar-refractivity contribution in [3.8, 4) is 0 Å². The van der Waals surface area contributed by atoms with Gasteiger partial charge < -0.3 is 4.90 Å². The van der Waals surface area contributed by atoms with Crippen molar-refractivity contribution >= 4 is 5.91 Å². The summed E-state index contributed by atoms with van der Waals surface area (Å²) in [6.45, 7) is 0.376. The van der Waals surface area contributed by atoms with Crippen LogP contribution in [0.5, 0.6) is 0 Å². The first kappa shape index (κ1) is 12.2. The van der Waals surface area contributed by atoms with E-state index in [2.05, 4.69) is 9.97 Å². The molecule has 0 aliphatic carbocycles.